The summed E-state index contributed by atoms with van der Waals surface area (Å²) < 4.78 is 0. The molecular weight excluding hydrogens is 179 g/mol. The van der Waals surface area contributed by atoms with Crippen LogP contribution in [0.25, 0.3) is 0 Å². The fourth-order valence-electron chi connectivity index (χ4n) is 0.422. The first-order valence-corrected chi connectivity index (χ1v) is 7.32. The number of hydrogen-bond acceptors (Lipinski definition) is 1. The zero-order valence-electron chi connectivity index (χ0n) is 4.77. The molecule has 0 aliphatic carbocycles. The second-order valence-electron chi connectivity index (χ2n) is 1.69. The summed E-state index contributed by atoms with van der Waals surface area (Å²) in [6.45, 7) is 2.10. The predicted molar refractivity (Wildman–Crippen MR) is 46.5 cm³/mol. The van der Waals surface area contributed by atoms with Gasteiger partial charge in [-0.05, 0) is 6.42 Å². The highest BCUT2D eigenvalue weighted by Gasteiger charge is 2.12. The third-order valence-electron chi connectivity index (χ3n) is 0.875. The Morgan fingerprint density at radius 2 is 2.12 bits per heavy atom. The van der Waals surface area contributed by atoms with E-state index in [9.17, 15) is 0 Å². The van der Waals surface area contributed by atoms with Gasteiger partial charge in [0.05, 0.1) is 0 Å². The first-order chi connectivity index (χ1) is 3.68. The van der Waals surface area contributed by atoms with Gasteiger partial charge in [-0.15, -0.1) is 22.2 Å². The van der Waals surface area contributed by atoms with Gasteiger partial charge < -0.3 is 0 Å². The Kier molecular flexibility index (Phi) is 5.69. The maximum atomic E-state index is 5.63. The molecule has 0 aliphatic rings. The molecule has 0 N–H and O–H groups in total. The van der Waals surface area contributed by atoms with Crippen LogP contribution in [0.1, 0.15) is 19.8 Å². The van der Waals surface area contributed by atoms with Gasteiger partial charge in [0.1, 0.15) is 0 Å². The highest BCUT2D eigenvalue weighted by molar-refractivity contribution is 7.84. The highest BCUT2D eigenvalue weighted by atomic mass is 35.7. The molecule has 0 aromatic heterocycles. The summed E-state index contributed by atoms with van der Waals surface area (Å²) in [5.41, 5.74) is 0. The smallest absolute Gasteiger partial charge is 0.177 e. The van der Waals surface area contributed by atoms with Crippen LogP contribution in [-0.2, 0) is 0 Å². The normalized spacial score (nSPS) is 14.6. The summed E-state index contributed by atoms with van der Waals surface area (Å²) in [6, 6.07) is 0. The summed E-state index contributed by atoms with van der Waals surface area (Å²) in [7, 11) is -1.47. The van der Waals surface area contributed by atoms with Gasteiger partial charge in [0.15, 0.2) is 0 Å². The molecule has 0 fully saturated rings. The van der Waals surface area contributed by atoms with E-state index in [4.69, 9.17) is 22.2 Å². The zero-order chi connectivity index (χ0) is 6.57. The lowest BCUT2D eigenvalue weighted by molar-refractivity contribution is 0.864. The van der Waals surface area contributed by atoms with Crippen LogP contribution in [0.3, 0.4) is 0 Å². The number of halogens is 2. The highest BCUT2D eigenvalue weighted by Crippen LogP contribution is 2.13. The monoisotopic (exact) mass is 188 g/mol. The molecule has 0 saturated heterocycles. The van der Waals surface area contributed by atoms with Gasteiger partial charge in [0, 0.05) is 4.87 Å². The van der Waals surface area contributed by atoms with E-state index in [1.165, 1.54) is 0 Å². The van der Waals surface area contributed by atoms with Crippen LogP contribution in [0.2, 0.25) is 0 Å². The van der Waals surface area contributed by atoms with Gasteiger partial charge in [-0.2, -0.15) is 12.6 Å². The molecule has 0 amide bonds. The summed E-state index contributed by atoms with van der Waals surface area (Å²) in [5, 5.41) is 0. The summed E-state index contributed by atoms with van der Waals surface area (Å²) in [5.74, 6) is 0. The molecule has 4 heteroatoms. The van der Waals surface area contributed by atoms with E-state index in [2.05, 4.69) is 19.6 Å². The Morgan fingerprint density at radius 1 is 1.62 bits per heavy atom. The van der Waals surface area contributed by atoms with Gasteiger partial charge in [0.2, 0.25) is 7.42 Å². The van der Waals surface area contributed by atoms with Crippen LogP contribution in [0.5, 0.6) is 0 Å². The molecule has 0 rings (SSSR count). The van der Waals surface area contributed by atoms with Crippen molar-refractivity contribution in [2.75, 3.05) is 0 Å². The molecule has 1 atom stereocenters. The Bertz CT molecular complexity index is 60.0. The molecule has 0 aromatic rings. The molecule has 0 aliphatic heterocycles. The molecule has 0 bridgehead atoms. The molecular formula is C4H10Cl2SSi. The standard InChI is InChI=1S/C4H10Cl2SSi/c1-2-3-4(7)8(5)6/h4,7-8H,2-3H2,1H3. The average molecular weight is 189 g/mol. The van der Waals surface area contributed by atoms with Crippen LogP contribution in [-0.4, -0.2) is 12.3 Å². The van der Waals surface area contributed by atoms with Crippen molar-refractivity contribution in [2.24, 2.45) is 0 Å². The van der Waals surface area contributed by atoms with E-state index in [0.717, 1.165) is 12.8 Å². The molecule has 0 heterocycles. The first kappa shape index (κ1) is 9.15. The van der Waals surface area contributed by atoms with Crippen molar-refractivity contribution < 1.29 is 0 Å². The van der Waals surface area contributed by atoms with Crippen molar-refractivity contribution in [1.82, 2.24) is 0 Å². The molecule has 0 spiro atoms. The predicted octanol–water partition coefficient (Wildman–Crippen LogP) is 2.32. The van der Waals surface area contributed by atoms with E-state index < -0.39 is 7.42 Å². The van der Waals surface area contributed by atoms with Crippen molar-refractivity contribution in [2.45, 2.75) is 24.6 Å². The van der Waals surface area contributed by atoms with Gasteiger partial charge in [-0.3, -0.25) is 0 Å². The molecule has 0 nitrogen and oxygen atoms in total. The molecule has 0 aromatic carbocycles. The second kappa shape index (κ2) is 4.97. The Balaban J connectivity index is 3.17. The third-order valence-corrected chi connectivity index (χ3v) is 5.82. The summed E-state index contributed by atoms with van der Waals surface area (Å²) >= 11 is 15.5. The average Bonchev–Trinajstić information content (AvgIpc) is 1.67. The van der Waals surface area contributed by atoms with Crippen LogP contribution in [0.15, 0.2) is 0 Å². The maximum absolute atomic E-state index is 5.63. The Morgan fingerprint density at radius 3 is 2.25 bits per heavy atom. The third kappa shape index (κ3) is 4.07. The lowest BCUT2D eigenvalue weighted by Gasteiger charge is -2.05. The fraction of sp³-hybridized carbons (Fsp3) is 1.00. The van der Waals surface area contributed by atoms with E-state index in [0.29, 0.717) is 0 Å². The quantitative estimate of drug-likeness (QED) is 0.393. The van der Waals surface area contributed by atoms with Crippen LogP contribution >= 0.6 is 34.8 Å². The summed E-state index contributed by atoms with van der Waals surface area (Å²) in [6.07, 6.45) is 2.17. The minimum absolute atomic E-state index is 0.281. The molecule has 1 unspecified atom stereocenters. The minimum Gasteiger partial charge on any atom is -0.177 e. The molecule has 8 heavy (non-hydrogen) atoms. The fourth-order valence-corrected chi connectivity index (χ4v) is 2.02. The van der Waals surface area contributed by atoms with Crippen molar-refractivity contribution in [1.29, 1.82) is 0 Å². The van der Waals surface area contributed by atoms with Gasteiger partial charge in [-0.1, -0.05) is 13.3 Å². The lowest BCUT2D eigenvalue weighted by Crippen LogP contribution is -2.12. The minimum atomic E-state index is -1.47. The number of rotatable bonds is 3. The first-order valence-electron chi connectivity index (χ1n) is 2.64. The zero-order valence-corrected chi connectivity index (χ0v) is 8.33. The van der Waals surface area contributed by atoms with E-state index in [-0.39, 0.29) is 4.87 Å². The van der Waals surface area contributed by atoms with Crippen molar-refractivity contribution in [3.63, 3.8) is 0 Å². The Hall–Kier alpha value is 1.15. The lowest BCUT2D eigenvalue weighted by atomic mass is 10.4. The topological polar surface area (TPSA) is 0 Å². The van der Waals surface area contributed by atoms with E-state index in [1.807, 2.05) is 0 Å². The maximum Gasteiger partial charge on any atom is 0.249 e. The SMILES string of the molecule is CCCC(S)[SiH](Cl)Cl. The van der Waals surface area contributed by atoms with Crippen molar-refractivity contribution in [3.8, 4) is 0 Å². The van der Waals surface area contributed by atoms with Crippen molar-refractivity contribution >= 4 is 42.2 Å². The van der Waals surface area contributed by atoms with Gasteiger partial charge in [0.25, 0.3) is 0 Å². The number of hydrogen-bond donors (Lipinski definition) is 1. The molecule has 0 saturated carbocycles. The van der Waals surface area contributed by atoms with Crippen LogP contribution < -0.4 is 0 Å². The van der Waals surface area contributed by atoms with E-state index >= 15 is 0 Å². The molecule has 0 radical (unpaired) electrons. The summed E-state index contributed by atoms with van der Waals surface area (Å²) in [4.78, 5) is 0.281. The second-order valence-corrected chi connectivity index (χ2v) is 7.88. The molecule has 50 valence electrons. The number of thiol groups is 1. The van der Waals surface area contributed by atoms with Crippen LogP contribution in [0, 0.1) is 0 Å². The van der Waals surface area contributed by atoms with Crippen molar-refractivity contribution in [3.05, 3.63) is 0 Å². The largest absolute Gasteiger partial charge is 0.249 e. The van der Waals surface area contributed by atoms with Gasteiger partial charge >= 0.3 is 0 Å². The Labute approximate surface area is 67.0 Å². The van der Waals surface area contributed by atoms with Gasteiger partial charge in [-0.25, -0.2) is 0 Å². The van der Waals surface area contributed by atoms with E-state index in [1.54, 1.807) is 0 Å². The van der Waals surface area contributed by atoms with Crippen LogP contribution in [0.4, 0.5) is 0 Å².